The molecule has 280 valence electrons. The summed E-state index contributed by atoms with van der Waals surface area (Å²) in [5.74, 6) is 0. The van der Waals surface area contributed by atoms with Gasteiger partial charge in [-0.25, -0.2) is 0 Å². The number of nitrogens with zero attached hydrogens (tertiary/aromatic N) is 2. The van der Waals surface area contributed by atoms with Crippen LogP contribution >= 0.6 is 0 Å². The summed E-state index contributed by atoms with van der Waals surface area (Å²) >= 11 is 0. The number of hydrogen-bond acceptors (Lipinski definition) is 1. The van der Waals surface area contributed by atoms with Crippen molar-refractivity contribution in [1.82, 2.24) is 4.57 Å². The van der Waals surface area contributed by atoms with Crippen LogP contribution in [0.4, 0.5) is 17.1 Å². The average Bonchev–Trinajstić information content (AvgIpc) is 3.74. The highest BCUT2D eigenvalue weighted by atomic mass is 15.1. The lowest BCUT2D eigenvalue weighted by molar-refractivity contribution is 0.661. The Morgan fingerprint density at radius 3 is 1.32 bits per heavy atom. The quantitative estimate of drug-likeness (QED) is 0.157. The molecule has 0 radical (unpaired) electrons. The molecule has 1 aliphatic carbocycles. The Hall–Kier alpha value is -7.42. The van der Waals surface area contributed by atoms with E-state index in [4.69, 9.17) is 0 Å². The molecule has 1 aliphatic rings. The Kier molecular flexibility index (Phi) is 8.20. The minimum absolute atomic E-state index is 0.0652. The van der Waals surface area contributed by atoms with Gasteiger partial charge in [0, 0.05) is 38.9 Å². The fourth-order valence-electron chi connectivity index (χ4n) is 9.36. The summed E-state index contributed by atoms with van der Waals surface area (Å²) in [6.45, 7) is 4.72. The number of anilines is 3. The fourth-order valence-corrected chi connectivity index (χ4v) is 9.36. The largest absolute Gasteiger partial charge is 0.311 e. The van der Waals surface area contributed by atoms with Gasteiger partial charge in [-0.2, -0.15) is 0 Å². The van der Waals surface area contributed by atoms with Crippen LogP contribution in [0.3, 0.4) is 0 Å². The zero-order chi connectivity index (χ0) is 39.5. The smallest absolute Gasteiger partial charge is 0.0544 e. The predicted octanol–water partition coefficient (Wildman–Crippen LogP) is 15.6. The highest BCUT2D eigenvalue weighted by molar-refractivity contribution is 6.11. The summed E-state index contributed by atoms with van der Waals surface area (Å²) in [5, 5.41) is 2.57. The molecule has 0 N–H and O–H groups in total. The average molecular weight is 755 g/mol. The van der Waals surface area contributed by atoms with Gasteiger partial charge >= 0.3 is 0 Å². The van der Waals surface area contributed by atoms with E-state index in [9.17, 15) is 0 Å². The summed E-state index contributed by atoms with van der Waals surface area (Å²) in [7, 11) is 0. The number of fused-ring (bicyclic) bond motifs is 6. The van der Waals surface area contributed by atoms with Crippen molar-refractivity contribution in [3.05, 3.63) is 230 Å². The van der Waals surface area contributed by atoms with Crippen LogP contribution in [0.2, 0.25) is 0 Å². The van der Waals surface area contributed by atoms with Gasteiger partial charge in [-0.3, -0.25) is 0 Å². The summed E-state index contributed by atoms with van der Waals surface area (Å²) in [6.07, 6.45) is 0. The summed E-state index contributed by atoms with van der Waals surface area (Å²) in [6, 6.07) is 79.6. The van der Waals surface area contributed by atoms with Gasteiger partial charge in [0.2, 0.25) is 0 Å². The minimum atomic E-state index is -0.0652. The third-order valence-corrected chi connectivity index (χ3v) is 12.4. The van der Waals surface area contributed by atoms with Crippen molar-refractivity contribution in [3.8, 4) is 50.2 Å². The maximum absolute atomic E-state index is 2.45. The monoisotopic (exact) mass is 754 g/mol. The minimum Gasteiger partial charge on any atom is -0.311 e. The molecular weight excluding hydrogens is 713 g/mol. The lowest BCUT2D eigenvalue weighted by atomic mass is 9.82. The second-order valence-electron chi connectivity index (χ2n) is 16.2. The molecule has 1 aromatic heterocycles. The van der Waals surface area contributed by atoms with Crippen molar-refractivity contribution in [3.63, 3.8) is 0 Å². The first-order valence-electron chi connectivity index (χ1n) is 20.5. The number of para-hydroxylation sites is 1. The molecule has 0 atom stereocenters. The van der Waals surface area contributed by atoms with Gasteiger partial charge in [-0.1, -0.05) is 166 Å². The predicted molar refractivity (Wildman–Crippen MR) is 249 cm³/mol. The molecule has 2 nitrogen and oxygen atoms in total. The molecule has 0 amide bonds. The van der Waals surface area contributed by atoms with Crippen molar-refractivity contribution in [1.29, 1.82) is 0 Å². The Balaban J connectivity index is 0.944. The van der Waals surface area contributed by atoms with Crippen LogP contribution in [0.15, 0.2) is 218 Å². The van der Waals surface area contributed by atoms with Crippen LogP contribution in [0.5, 0.6) is 0 Å². The maximum atomic E-state index is 2.45. The van der Waals surface area contributed by atoms with Crippen LogP contribution in [0.1, 0.15) is 25.0 Å². The van der Waals surface area contributed by atoms with Crippen molar-refractivity contribution < 1.29 is 0 Å². The van der Waals surface area contributed by atoms with Crippen molar-refractivity contribution in [2.24, 2.45) is 0 Å². The lowest BCUT2D eigenvalue weighted by Crippen LogP contribution is -2.14. The highest BCUT2D eigenvalue weighted by Gasteiger charge is 2.36. The van der Waals surface area contributed by atoms with Crippen LogP contribution in [0, 0.1) is 0 Å². The molecule has 10 aromatic rings. The third kappa shape index (κ3) is 5.87. The Labute approximate surface area is 345 Å². The van der Waals surface area contributed by atoms with E-state index in [0.717, 1.165) is 22.7 Å². The highest BCUT2D eigenvalue weighted by Crippen LogP contribution is 2.51. The van der Waals surface area contributed by atoms with Gasteiger partial charge in [-0.15, -0.1) is 0 Å². The third-order valence-electron chi connectivity index (χ3n) is 12.4. The first-order chi connectivity index (χ1) is 29.0. The molecule has 1 heterocycles. The number of aromatic nitrogens is 1. The van der Waals surface area contributed by atoms with Gasteiger partial charge in [0.25, 0.3) is 0 Å². The molecule has 11 rings (SSSR count). The Bertz CT molecular complexity index is 3040. The molecule has 0 fully saturated rings. The zero-order valence-electron chi connectivity index (χ0n) is 33.2. The van der Waals surface area contributed by atoms with E-state index in [1.165, 1.54) is 77.4 Å². The second kappa shape index (κ2) is 13.9. The van der Waals surface area contributed by atoms with Crippen molar-refractivity contribution >= 4 is 38.9 Å². The topological polar surface area (TPSA) is 8.17 Å². The lowest BCUT2D eigenvalue weighted by Gasteiger charge is -2.26. The normalized spacial score (nSPS) is 12.7. The van der Waals surface area contributed by atoms with E-state index in [0.29, 0.717) is 0 Å². The Morgan fingerprint density at radius 2 is 0.780 bits per heavy atom. The van der Waals surface area contributed by atoms with Gasteiger partial charge < -0.3 is 9.47 Å². The summed E-state index contributed by atoms with van der Waals surface area (Å²) < 4.78 is 2.45. The molecule has 9 aromatic carbocycles. The van der Waals surface area contributed by atoms with Gasteiger partial charge in [-0.05, 0) is 122 Å². The standard InChI is InChI=1S/C57H42N2/c1-57(2)53-19-11-9-17-49(53)51-37-52-50-18-10-12-20-55(50)59(56(52)38-54(51)57)48-35-27-44(28-36-48)43-25-33-47(34-26-43)58(45-29-21-41(22-30-45)39-13-5-3-6-14-39)46-31-23-42(24-32-46)40-15-7-4-8-16-40/h3-38H,1-2H3. The van der Waals surface area contributed by atoms with Crippen LogP contribution in [0.25, 0.3) is 72.0 Å². The summed E-state index contributed by atoms with van der Waals surface area (Å²) in [5.41, 5.74) is 19.6. The van der Waals surface area contributed by atoms with E-state index >= 15 is 0 Å². The van der Waals surface area contributed by atoms with E-state index in [-0.39, 0.29) is 5.41 Å². The van der Waals surface area contributed by atoms with Crippen molar-refractivity contribution in [2.75, 3.05) is 4.90 Å². The van der Waals surface area contributed by atoms with E-state index in [1.807, 2.05) is 0 Å². The second-order valence-corrected chi connectivity index (χ2v) is 16.2. The van der Waals surface area contributed by atoms with E-state index in [2.05, 4.69) is 242 Å². The van der Waals surface area contributed by atoms with Crippen LogP contribution in [-0.4, -0.2) is 4.57 Å². The van der Waals surface area contributed by atoms with Gasteiger partial charge in [0.1, 0.15) is 0 Å². The SMILES string of the molecule is CC1(C)c2ccccc2-c2cc3c4ccccc4n(-c4ccc(-c5ccc(N(c6ccc(-c7ccccc7)cc6)c6ccc(-c7ccccc7)cc6)cc5)cc4)c3cc21. The van der Waals surface area contributed by atoms with Gasteiger partial charge in [0.05, 0.1) is 11.0 Å². The number of rotatable bonds is 7. The van der Waals surface area contributed by atoms with Crippen LogP contribution < -0.4 is 4.90 Å². The molecule has 2 heteroatoms. The molecular formula is C57H42N2. The molecule has 0 saturated heterocycles. The molecule has 0 unspecified atom stereocenters. The number of benzene rings is 9. The zero-order valence-corrected chi connectivity index (χ0v) is 33.2. The summed E-state index contributed by atoms with van der Waals surface area (Å²) in [4.78, 5) is 2.34. The van der Waals surface area contributed by atoms with Crippen LogP contribution in [-0.2, 0) is 5.41 Å². The first kappa shape index (κ1) is 34.8. The Morgan fingerprint density at radius 1 is 0.339 bits per heavy atom. The number of hydrogen-bond donors (Lipinski definition) is 0. The fraction of sp³-hybridized carbons (Fsp3) is 0.0526. The molecule has 0 saturated carbocycles. The molecule has 0 aliphatic heterocycles. The molecule has 59 heavy (non-hydrogen) atoms. The first-order valence-corrected chi connectivity index (χ1v) is 20.5. The van der Waals surface area contributed by atoms with Crippen molar-refractivity contribution in [2.45, 2.75) is 19.3 Å². The van der Waals surface area contributed by atoms with E-state index in [1.54, 1.807) is 0 Å². The van der Waals surface area contributed by atoms with E-state index < -0.39 is 0 Å². The van der Waals surface area contributed by atoms with Gasteiger partial charge in [0.15, 0.2) is 0 Å². The maximum Gasteiger partial charge on any atom is 0.0544 e. The molecule has 0 spiro atoms. The molecule has 0 bridgehead atoms.